The van der Waals surface area contributed by atoms with Gasteiger partial charge in [-0.3, -0.25) is 4.79 Å². The third-order valence-electron chi connectivity index (χ3n) is 5.65. The first kappa shape index (κ1) is 26.1. The number of benzene rings is 2. The van der Waals surface area contributed by atoms with Crippen LogP contribution in [0.3, 0.4) is 0 Å². The first-order valence-corrected chi connectivity index (χ1v) is 11.3. The summed E-state index contributed by atoms with van der Waals surface area (Å²) in [7, 11) is 0. The average molecular weight is 456 g/mol. The summed E-state index contributed by atoms with van der Waals surface area (Å²) < 4.78 is 5.83. The van der Waals surface area contributed by atoms with Gasteiger partial charge in [0.15, 0.2) is 5.78 Å². The normalized spacial score (nSPS) is 14.1. The number of hydrogen-bond acceptors (Lipinski definition) is 5. The molecule has 1 saturated heterocycles. The van der Waals surface area contributed by atoms with E-state index in [2.05, 4.69) is 35.2 Å². The molecule has 3 rings (SSSR count). The minimum Gasteiger partial charge on any atom is -0.493 e. The summed E-state index contributed by atoms with van der Waals surface area (Å²) in [6, 6.07) is 18.4. The molecule has 7 heteroatoms. The predicted octanol–water partition coefficient (Wildman–Crippen LogP) is 4.16. The molecule has 1 fully saturated rings. The van der Waals surface area contributed by atoms with Crippen LogP contribution in [-0.4, -0.2) is 59.1 Å². The van der Waals surface area contributed by atoms with E-state index in [0.717, 1.165) is 25.3 Å². The molecular formula is C26H33NO6. The molecule has 0 aliphatic carbocycles. The molecule has 1 aliphatic rings. The molecule has 2 N–H and O–H groups in total. The van der Waals surface area contributed by atoms with Crippen molar-refractivity contribution in [1.82, 2.24) is 4.90 Å². The fraction of sp³-hybridized carbons (Fsp3) is 0.423. The van der Waals surface area contributed by atoms with Crippen molar-refractivity contribution in [2.75, 3.05) is 26.2 Å². The fourth-order valence-electron chi connectivity index (χ4n) is 3.86. The third-order valence-corrected chi connectivity index (χ3v) is 5.65. The second-order valence-electron chi connectivity index (χ2n) is 8.19. The van der Waals surface area contributed by atoms with E-state index in [1.165, 1.54) is 37.9 Å². The predicted molar refractivity (Wildman–Crippen MR) is 126 cm³/mol. The minimum atomic E-state index is -1.82. The highest BCUT2D eigenvalue weighted by atomic mass is 16.5. The lowest BCUT2D eigenvalue weighted by Gasteiger charge is -2.32. The monoisotopic (exact) mass is 455 g/mol. The van der Waals surface area contributed by atoms with Crippen molar-refractivity contribution in [3.05, 3.63) is 65.7 Å². The van der Waals surface area contributed by atoms with E-state index in [1.807, 2.05) is 24.3 Å². The van der Waals surface area contributed by atoms with Crippen LogP contribution in [0.25, 0.3) is 0 Å². The van der Waals surface area contributed by atoms with Crippen LogP contribution >= 0.6 is 0 Å². The van der Waals surface area contributed by atoms with Gasteiger partial charge in [0.05, 0.1) is 12.2 Å². The Morgan fingerprint density at radius 3 is 2.12 bits per heavy atom. The minimum absolute atomic E-state index is 0.0592. The van der Waals surface area contributed by atoms with Crippen molar-refractivity contribution in [3.8, 4) is 5.75 Å². The van der Waals surface area contributed by atoms with Crippen LogP contribution in [0.5, 0.6) is 5.75 Å². The second-order valence-corrected chi connectivity index (χ2v) is 8.19. The lowest BCUT2D eigenvalue weighted by atomic mass is 9.90. The van der Waals surface area contributed by atoms with E-state index in [4.69, 9.17) is 24.5 Å². The zero-order chi connectivity index (χ0) is 24.1. The number of para-hydroxylation sites is 1. The number of carbonyl (C=O) groups is 3. The van der Waals surface area contributed by atoms with Crippen molar-refractivity contribution in [1.29, 1.82) is 0 Å². The van der Waals surface area contributed by atoms with Gasteiger partial charge in [0, 0.05) is 0 Å². The van der Waals surface area contributed by atoms with Crippen LogP contribution in [0.1, 0.15) is 48.5 Å². The van der Waals surface area contributed by atoms with Gasteiger partial charge in [-0.1, -0.05) is 42.5 Å². The Balaban J connectivity index is 0.000000569. The van der Waals surface area contributed by atoms with E-state index in [0.29, 0.717) is 17.9 Å². The van der Waals surface area contributed by atoms with Gasteiger partial charge in [0.1, 0.15) is 5.75 Å². The summed E-state index contributed by atoms with van der Waals surface area (Å²) >= 11 is 0. The Hall–Kier alpha value is -3.19. The molecule has 0 aromatic heterocycles. The smallest absolute Gasteiger partial charge is 0.414 e. The number of carboxylic acid groups (broad SMARTS) is 2. The van der Waals surface area contributed by atoms with Gasteiger partial charge in [-0.15, -0.1) is 0 Å². The fourth-order valence-corrected chi connectivity index (χ4v) is 3.86. The molecule has 0 atom stereocenters. The van der Waals surface area contributed by atoms with Crippen molar-refractivity contribution in [2.24, 2.45) is 5.92 Å². The maximum atomic E-state index is 11.6. The standard InChI is InChI=1S/C24H31NO2.C2H2O4/c1-20(26)23-11-5-6-12-24(23)27-18-8-7-15-25-16-13-22(14-17-25)19-21-9-3-2-4-10-21;3-1(4)2(5)6/h2-6,9-12,22H,7-8,13-19H2,1H3;(H,3,4)(H,5,6). The molecule has 7 nitrogen and oxygen atoms in total. The number of aliphatic carboxylic acids is 2. The lowest BCUT2D eigenvalue weighted by Crippen LogP contribution is -2.35. The highest BCUT2D eigenvalue weighted by Gasteiger charge is 2.19. The zero-order valence-corrected chi connectivity index (χ0v) is 19.1. The van der Waals surface area contributed by atoms with Gasteiger partial charge in [0.25, 0.3) is 0 Å². The van der Waals surface area contributed by atoms with Gasteiger partial charge in [0.2, 0.25) is 0 Å². The topological polar surface area (TPSA) is 104 Å². The van der Waals surface area contributed by atoms with Gasteiger partial charge >= 0.3 is 11.9 Å². The first-order chi connectivity index (χ1) is 15.9. The number of Topliss-reactive ketones (excluding diaryl/α,β-unsaturated/α-hetero) is 1. The van der Waals surface area contributed by atoms with Crippen molar-refractivity contribution in [2.45, 2.75) is 39.0 Å². The highest BCUT2D eigenvalue weighted by Crippen LogP contribution is 2.22. The van der Waals surface area contributed by atoms with Crippen LogP contribution < -0.4 is 4.74 Å². The van der Waals surface area contributed by atoms with E-state index >= 15 is 0 Å². The number of hydrogen-bond donors (Lipinski definition) is 2. The number of ether oxygens (including phenoxy) is 1. The van der Waals surface area contributed by atoms with Crippen LogP contribution in [0.15, 0.2) is 54.6 Å². The van der Waals surface area contributed by atoms with E-state index in [1.54, 1.807) is 6.92 Å². The van der Waals surface area contributed by atoms with E-state index in [9.17, 15) is 4.79 Å². The molecule has 0 amide bonds. The molecular weight excluding hydrogens is 422 g/mol. The molecule has 0 radical (unpaired) electrons. The quantitative estimate of drug-likeness (QED) is 0.332. The average Bonchev–Trinajstić information content (AvgIpc) is 2.81. The molecule has 0 bridgehead atoms. The van der Waals surface area contributed by atoms with Gasteiger partial charge in [-0.2, -0.15) is 0 Å². The number of carboxylic acids is 2. The number of unbranched alkanes of at least 4 members (excludes halogenated alkanes) is 1. The lowest BCUT2D eigenvalue weighted by molar-refractivity contribution is -0.159. The molecule has 2 aromatic rings. The van der Waals surface area contributed by atoms with Crippen molar-refractivity contribution < 1.29 is 29.3 Å². The van der Waals surface area contributed by atoms with Crippen LogP contribution in [-0.2, 0) is 16.0 Å². The number of likely N-dealkylation sites (tertiary alicyclic amines) is 1. The van der Waals surface area contributed by atoms with Crippen molar-refractivity contribution in [3.63, 3.8) is 0 Å². The van der Waals surface area contributed by atoms with E-state index in [-0.39, 0.29) is 5.78 Å². The summed E-state index contributed by atoms with van der Waals surface area (Å²) in [5.41, 5.74) is 2.15. The van der Waals surface area contributed by atoms with Crippen LogP contribution in [0.4, 0.5) is 0 Å². The van der Waals surface area contributed by atoms with Crippen LogP contribution in [0.2, 0.25) is 0 Å². The number of piperidine rings is 1. The Morgan fingerprint density at radius 1 is 0.909 bits per heavy atom. The molecule has 1 heterocycles. The summed E-state index contributed by atoms with van der Waals surface area (Å²) in [5, 5.41) is 14.8. The largest absolute Gasteiger partial charge is 0.493 e. The molecule has 178 valence electrons. The zero-order valence-electron chi connectivity index (χ0n) is 19.1. The maximum Gasteiger partial charge on any atom is 0.414 e. The number of nitrogens with zero attached hydrogens (tertiary/aromatic N) is 1. The summed E-state index contributed by atoms with van der Waals surface area (Å²) in [4.78, 5) is 32.4. The molecule has 1 aliphatic heterocycles. The Kier molecular flexibility index (Phi) is 11.1. The second kappa shape index (κ2) is 14.1. The van der Waals surface area contributed by atoms with E-state index < -0.39 is 11.9 Å². The van der Waals surface area contributed by atoms with Crippen molar-refractivity contribution >= 4 is 17.7 Å². The molecule has 0 spiro atoms. The van der Waals surface area contributed by atoms with Gasteiger partial charge in [-0.25, -0.2) is 9.59 Å². The molecule has 0 saturated carbocycles. The van der Waals surface area contributed by atoms with Gasteiger partial charge in [-0.05, 0) is 82.3 Å². The molecule has 33 heavy (non-hydrogen) atoms. The van der Waals surface area contributed by atoms with Crippen LogP contribution in [0, 0.1) is 5.92 Å². The van der Waals surface area contributed by atoms with Gasteiger partial charge < -0.3 is 19.8 Å². The summed E-state index contributed by atoms with van der Waals surface area (Å²) in [6.07, 6.45) is 5.99. The molecule has 0 unspecified atom stereocenters. The Labute approximate surface area is 195 Å². The Morgan fingerprint density at radius 2 is 1.52 bits per heavy atom. The maximum absolute atomic E-state index is 11.6. The first-order valence-electron chi connectivity index (χ1n) is 11.3. The third kappa shape index (κ3) is 9.87. The summed E-state index contributed by atoms with van der Waals surface area (Å²) in [5.74, 6) is -2.05. The number of carbonyl (C=O) groups excluding carboxylic acids is 1. The highest BCUT2D eigenvalue weighted by molar-refractivity contribution is 6.27. The number of rotatable bonds is 9. The SMILES string of the molecule is CC(=O)c1ccccc1OCCCCN1CCC(Cc2ccccc2)CC1.O=C(O)C(=O)O. The molecule has 2 aromatic carbocycles. The summed E-state index contributed by atoms with van der Waals surface area (Å²) in [6.45, 7) is 5.84. The number of ketones is 1. The Bertz CT molecular complexity index is 879.